The smallest absolute Gasteiger partial charge is 0.316 e. The molecule has 1 saturated carbocycles. The minimum atomic E-state index is -3.61. The predicted molar refractivity (Wildman–Crippen MR) is 86.7 cm³/mol. The van der Waals surface area contributed by atoms with Crippen molar-refractivity contribution in [3.63, 3.8) is 0 Å². The van der Waals surface area contributed by atoms with Gasteiger partial charge >= 0.3 is 5.97 Å². The highest BCUT2D eigenvalue weighted by Crippen LogP contribution is 2.42. The maximum atomic E-state index is 12.8. The summed E-state index contributed by atoms with van der Waals surface area (Å²) >= 11 is 0. The third-order valence-corrected chi connectivity index (χ3v) is 6.74. The number of benzene rings is 1. The van der Waals surface area contributed by atoms with Crippen LogP contribution in [0.5, 0.6) is 0 Å². The largest absolute Gasteiger partial charge is 0.465 e. The van der Waals surface area contributed by atoms with E-state index in [1.165, 1.54) is 4.31 Å². The van der Waals surface area contributed by atoms with Gasteiger partial charge in [0.1, 0.15) is 11.7 Å². The summed E-state index contributed by atoms with van der Waals surface area (Å²) in [6.07, 6.45) is 0.244. The Bertz CT molecular complexity index is 756. The Kier molecular flexibility index (Phi) is 4.48. The van der Waals surface area contributed by atoms with Crippen molar-refractivity contribution in [2.75, 3.05) is 19.7 Å². The standard InChI is InChI=1S/C17H21NO5S/c1-3-23-17(20)16-14-10-18(9-12(14)8-15(16)19)24(21,22)13-6-4-11(2)5-7-13/h4-7,12,14,16H,3,8-10H2,1-2H3/t12-,14+,16?/m1/s1. The first kappa shape index (κ1) is 17.1. The SMILES string of the molecule is CCOC(=O)C1C(=O)C[C@@H]2CN(S(=O)(=O)c3ccc(C)cc3)C[C@H]12. The van der Waals surface area contributed by atoms with Crippen molar-refractivity contribution in [1.82, 2.24) is 4.31 Å². The molecule has 2 aliphatic rings. The molecule has 7 heteroatoms. The summed E-state index contributed by atoms with van der Waals surface area (Å²) in [6, 6.07) is 6.70. The van der Waals surface area contributed by atoms with Gasteiger partial charge in [-0.15, -0.1) is 0 Å². The van der Waals surface area contributed by atoms with Crippen molar-refractivity contribution in [1.29, 1.82) is 0 Å². The molecule has 0 spiro atoms. The summed E-state index contributed by atoms with van der Waals surface area (Å²) in [5, 5.41) is 0. The summed E-state index contributed by atoms with van der Waals surface area (Å²) in [4.78, 5) is 24.4. The molecule has 0 amide bonds. The molecular weight excluding hydrogens is 330 g/mol. The van der Waals surface area contributed by atoms with Gasteiger partial charge in [-0.05, 0) is 37.8 Å². The van der Waals surface area contributed by atoms with E-state index in [-0.39, 0.29) is 48.6 Å². The molecule has 1 aliphatic heterocycles. The summed E-state index contributed by atoms with van der Waals surface area (Å²) < 4.78 is 32.0. The van der Waals surface area contributed by atoms with Crippen LogP contribution >= 0.6 is 0 Å². The Morgan fingerprint density at radius 1 is 1.25 bits per heavy atom. The lowest BCUT2D eigenvalue weighted by atomic mass is 9.92. The molecular formula is C17H21NO5S. The summed E-state index contributed by atoms with van der Waals surface area (Å²) in [5.74, 6) is -1.86. The second-order valence-corrected chi connectivity index (χ2v) is 8.40. The van der Waals surface area contributed by atoms with Crippen LogP contribution < -0.4 is 0 Å². The van der Waals surface area contributed by atoms with Gasteiger partial charge in [0.25, 0.3) is 0 Å². The van der Waals surface area contributed by atoms with Crippen LogP contribution in [-0.4, -0.2) is 44.2 Å². The van der Waals surface area contributed by atoms with Crippen LogP contribution in [0.1, 0.15) is 18.9 Å². The van der Waals surface area contributed by atoms with E-state index in [0.29, 0.717) is 0 Å². The lowest BCUT2D eigenvalue weighted by molar-refractivity contribution is -0.152. The molecule has 6 nitrogen and oxygen atoms in total. The number of Topliss-reactive ketones (excluding diaryl/α,β-unsaturated/α-hetero) is 1. The highest BCUT2D eigenvalue weighted by molar-refractivity contribution is 7.89. The van der Waals surface area contributed by atoms with E-state index in [0.717, 1.165) is 5.56 Å². The van der Waals surface area contributed by atoms with Crippen molar-refractivity contribution < 1.29 is 22.7 Å². The Morgan fingerprint density at radius 3 is 2.54 bits per heavy atom. The van der Waals surface area contributed by atoms with Crippen LogP contribution in [0.15, 0.2) is 29.2 Å². The van der Waals surface area contributed by atoms with E-state index in [1.807, 2.05) is 6.92 Å². The number of carbonyl (C=O) groups is 2. The maximum absolute atomic E-state index is 12.8. The van der Waals surface area contributed by atoms with Crippen LogP contribution in [0.2, 0.25) is 0 Å². The lowest BCUT2D eigenvalue weighted by Gasteiger charge is -2.19. The molecule has 1 aromatic rings. The molecule has 2 fully saturated rings. The quantitative estimate of drug-likeness (QED) is 0.605. The Morgan fingerprint density at radius 2 is 1.92 bits per heavy atom. The van der Waals surface area contributed by atoms with Crippen molar-refractivity contribution in [3.8, 4) is 0 Å². The zero-order chi connectivity index (χ0) is 17.5. The van der Waals surface area contributed by atoms with Gasteiger partial charge in [-0.1, -0.05) is 17.7 Å². The number of carbonyl (C=O) groups excluding carboxylic acids is 2. The van der Waals surface area contributed by atoms with Gasteiger partial charge in [0.15, 0.2) is 0 Å². The number of fused-ring (bicyclic) bond motifs is 1. The van der Waals surface area contributed by atoms with Gasteiger partial charge in [-0.2, -0.15) is 4.31 Å². The molecule has 3 atom stereocenters. The van der Waals surface area contributed by atoms with Gasteiger partial charge in [0.05, 0.1) is 11.5 Å². The van der Waals surface area contributed by atoms with Crippen molar-refractivity contribution in [2.45, 2.75) is 25.2 Å². The van der Waals surface area contributed by atoms with Crippen molar-refractivity contribution >= 4 is 21.8 Å². The lowest BCUT2D eigenvalue weighted by Crippen LogP contribution is -2.34. The third kappa shape index (κ3) is 2.86. The van der Waals surface area contributed by atoms with E-state index in [9.17, 15) is 18.0 Å². The fourth-order valence-corrected chi connectivity index (χ4v) is 5.20. The molecule has 1 aromatic carbocycles. The van der Waals surface area contributed by atoms with Crippen LogP contribution in [0.25, 0.3) is 0 Å². The van der Waals surface area contributed by atoms with Crippen LogP contribution in [0.3, 0.4) is 0 Å². The monoisotopic (exact) mass is 351 g/mol. The second-order valence-electron chi connectivity index (χ2n) is 6.46. The van der Waals surface area contributed by atoms with Crippen LogP contribution in [-0.2, 0) is 24.3 Å². The first-order chi connectivity index (χ1) is 11.3. The molecule has 0 bridgehead atoms. The average molecular weight is 351 g/mol. The second kappa shape index (κ2) is 6.29. The minimum absolute atomic E-state index is 0.105. The minimum Gasteiger partial charge on any atom is -0.465 e. The van der Waals surface area contributed by atoms with Gasteiger partial charge in [-0.25, -0.2) is 8.42 Å². The molecule has 1 aliphatic carbocycles. The maximum Gasteiger partial charge on any atom is 0.316 e. The number of aryl methyl sites for hydroxylation is 1. The van der Waals surface area contributed by atoms with E-state index in [1.54, 1.807) is 31.2 Å². The zero-order valence-corrected chi connectivity index (χ0v) is 14.6. The van der Waals surface area contributed by atoms with Crippen molar-refractivity contribution in [2.24, 2.45) is 17.8 Å². The number of rotatable bonds is 4. The number of esters is 1. The van der Waals surface area contributed by atoms with E-state index in [2.05, 4.69) is 0 Å². The van der Waals surface area contributed by atoms with E-state index < -0.39 is 21.9 Å². The fourth-order valence-electron chi connectivity index (χ4n) is 3.67. The number of nitrogens with zero attached hydrogens (tertiary/aromatic N) is 1. The number of hydrogen-bond acceptors (Lipinski definition) is 5. The van der Waals surface area contributed by atoms with E-state index in [4.69, 9.17) is 4.74 Å². The van der Waals surface area contributed by atoms with E-state index >= 15 is 0 Å². The summed E-state index contributed by atoms with van der Waals surface area (Å²) in [6.45, 7) is 4.27. The van der Waals surface area contributed by atoms with Crippen molar-refractivity contribution in [3.05, 3.63) is 29.8 Å². The molecule has 0 radical (unpaired) electrons. The molecule has 3 rings (SSSR count). The average Bonchev–Trinajstić information content (AvgIpc) is 3.04. The third-order valence-electron chi connectivity index (χ3n) is 4.90. The normalized spacial score (nSPS) is 27.2. The zero-order valence-electron chi connectivity index (χ0n) is 13.8. The number of ether oxygens (including phenoxy) is 1. The molecule has 24 heavy (non-hydrogen) atoms. The van der Waals surface area contributed by atoms with Gasteiger partial charge in [0.2, 0.25) is 10.0 Å². The highest BCUT2D eigenvalue weighted by atomic mass is 32.2. The first-order valence-corrected chi connectivity index (χ1v) is 9.54. The number of ketones is 1. The first-order valence-electron chi connectivity index (χ1n) is 8.10. The molecule has 1 unspecified atom stereocenters. The van der Waals surface area contributed by atoms with Gasteiger partial charge in [0, 0.05) is 19.5 Å². The highest BCUT2D eigenvalue weighted by Gasteiger charge is 2.53. The van der Waals surface area contributed by atoms with Crippen LogP contribution in [0.4, 0.5) is 0 Å². The predicted octanol–water partition coefficient (Wildman–Crippen LogP) is 1.38. The molecule has 0 N–H and O–H groups in total. The number of hydrogen-bond donors (Lipinski definition) is 0. The molecule has 1 heterocycles. The number of sulfonamides is 1. The fraction of sp³-hybridized carbons (Fsp3) is 0.529. The summed E-state index contributed by atoms with van der Waals surface area (Å²) in [7, 11) is -3.61. The molecule has 1 saturated heterocycles. The summed E-state index contributed by atoms with van der Waals surface area (Å²) in [5.41, 5.74) is 0.986. The molecule has 130 valence electrons. The van der Waals surface area contributed by atoms with Gasteiger partial charge in [-0.3, -0.25) is 9.59 Å². The van der Waals surface area contributed by atoms with Gasteiger partial charge < -0.3 is 4.74 Å². The molecule has 0 aromatic heterocycles. The Labute approximate surface area is 141 Å². The Balaban J connectivity index is 1.81. The van der Waals surface area contributed by atoms with Crippen LogP contribution in [0, 0.1) is 24.7 Å². The Hall–Kier alpha value is -1.73. The topological polar surface area (TPSA) is 80.8 Å².